The third-order valence-electron chi connectivity index (χ3n) is 19.4. The fourth-order valence-electron chi connectivity index (χ4n) is 14.8. The first kappa shape index (κ1) is 55.8. The van der Waals surface area contributed by atoms with Crippen molar-refractivity contribution in [3.63, 3.8) is 0 Å². The molecular weight excluding hydrogens is 1040 g/mol. The zero-order valence-electron chi connectivity index (χ0n) is 48.0. The van der Waals surface area contributed by atoms with Crippen LogP contribution in [-0.4, -0.2) is 179 Å². The van der Waals surface area contributed by atoms with Gasteiger partial charge in [0.2, 0.25) is 11.8 Å². The Bertz CT molecular complexity index is 2960. The molecule has 3 aromatic heterocycles. The minimum absolute atomic E-state index is 0.0294. The number of benzene rings is 2. The number of phenolic OH excluding ortho intramolecular Hbond substituents is 1. The Morgan fingerprint density at radius 1 is 0.852 bits per heavy atom. The summed E-state index contributed by atoms with van der Waals surface area (Å²) in [4.78, 5) is 48.3. The summed E-state index contributed by atoms with van der Waals surface area (Å²) in [6.07, 6.45) is 11.0. The lowest BCUT2D eigenvalue weighted by Gasteiger charge is -2.56. The molecule has 2 amide bonds. The number of phenols is 1. The second-order valence-corrected chi connectivity index (χ2v) is 26.1. The molecular formula is C62H84N12O6S. The number of para-hydroxylation sites is 1. The molecule has 2 aromatic carbocycles. The standard InChI is InChI=1S/C62H84N12O6S/c1-41(2)56(60(77)74-22-7-10-51(74)59(76)65-42(3)45-12-14-46(15-13-45)57-43(4)64-40-81-57)54-32-55(68-80-54)71-23-16-44(17-24-71)35-69-25-19-61(20-26-69)33-47(34-61)72-28-29-78-48(37-72)36-70-27-30-79-62(38-70)18-8-21-73(39-62)52-31-50(66-67-58(52)63)49-9-5-6-11-53(49)75/h5-6,9,11-15,31-32,40-42,44,47-48,51,56,75H,7-8,10,16-30,33-39H2,1-4H3,(H2,63,67)(H,65,76). The number of likely N-dealkylation sites (tertiary alicyclic amines) is 2. The van der Waals surface area contributed by atoms with Gasteiger partial charge in [-0.15, -0.1) is 21.5 Å². The molecule has 1 aliphatic carbocycles. The Kier molecular flexibility index (Phi) is 16.5. The van der Waals surface area contributed by atoms with Crippen molar-refractivity contribution in [2.75, 3.05) is 114 Å². The number of ether oxygens (including phenoxy) is 2. The Hall–Kier alpha value is -5.70. The number of nitrogens with zero attached hydrogens (tertiary/aromatic N) is 10. The van der Waals surface area contributed by atoms with Crippen LogP contribution in [0.3, 0.4) is 0 Å². The van der Waals surface area contributed by atoms with Gasteiger partial charge in [0.15, 0.2) is 17.4 Å². The highest BCUT2D eigenvalue weighted by Crippen LogP contribution is 2.51. The second-order valence-electron chi connectivity index (χ2n) is 25.2. The van der Waals surface area contributed by atoms with Gasteiger partial charge in [0, 0.05) is 89.7 Å². The molecule has 6 aliphatic heterocycles. The van der Waals surface area contributed by atoms with E-state index < -0.39 is 12.0 Å². The van der Waals surface area contributed by atoms with Crippen LogP contribution in [0.15, 0.2) is 70.7 Å². The van der Waals surface area contributed by atoms with E-state index in [1.54, 1.807) is 28.4 Å². The Morgan fingerprint density at radius 2 is 1.65 bits per heavy atom. The number of carbonyl (C=O) groups is 2. The molecule has 5 aromatic rings. The number of hydrogen-bond donors (Lipinski definition) is 3. The fourth-order valence-corrected chi connectivity index (χ4v) is 15.6. The van der Waals surface area contributed by atoms with Crippen LogP contribution in [0.2, 0.25) is 0 Å². The van der Waals surface area contributed by atoms with Crippen molar-refractivity contribution in [3.8, 4) is 27.4 Å². The van der Waals surface area contributed by atoms with E-state index in [0.717, 1.165) is 137 Å². The summed E-state index contributed by atoms with van der Waals surface area (Å²) in [5.41, 5.74) is 13.7. The first-order valence-electron chi connectivity index (χ1n) is 30.2. The molecule has 9 heterocycles. The van der Waals surface area contributed by atoms with E-state index in [4.69, 9.17) is 19.7 Å². The first-order chi connectivity index (χ1) is 39.3. The van der Waals surface area contributed by atoms with Gasteiger partial charge in [-0.25, -0.2) is 4.98 Å². The lowest BCUT2D eigenvalue weighted by molar-refractivity contribution is -0.141. The summed E-state index contributed by atoms with van der Waals surface area (Å²) < 4.78 is 19.2. The van der Waals surface area contributed by atoms with Crippen molar-refractivity contribution in [1.29, 1.82) is 0 Å². The van der Waals surface area contributed by atoms with Gasteiger partial charge >= 0.3 is 0 Å². The number of carbonyl (C=O) groups excluding carboxylic acids is 2. The minimum atomic E-state index is -0.520. The van der Waals surface area contributed by atoms with Gasteiger partial charge in [0.25, 0.3) is 0 Å². The van der Waals surface area contributed by atoms with Gasteiger partial charge in [-0.1, -0.05) is 55.4 Å². The van der Waals surface area contributed by atoms with Crippen LogP contribution in [0.4, 0.5) is 17.3 Å². The Morgan fingerprint density at radius 3 is 2.42 bits per heavy atom. The highest BCUT2D eigenvalue weighted by molar-refractivity contribution is 7.13. The predicted octanol–water partition coefficient (Wildman–Crippen LogP) is 7.99. The summed E-state index contributed by atoms with van der Waals surface area (Å²) in [5.74, 6) is 1.88. The number of nitrogens with one attached hydrogen (secondary N) is 1. The molecule has 19 heteroatoms. The average molecular weight is 1130 g/mol. The number of piperidine rings is 3. The van der Waals surface area contributed by atoms with Crippen LogP contribution in [0, 0.1) is 24.2 Å². The number of aromatic hydroxyl groups is 1. The molecule has 1 saturated carbocycles. The highest BCUT2D eigenvalue weighted by Gasteiger charge is 2.49. The number of aromatic nitrogens is 4. The summed E-state index contributed by atoms with van der Waals surface area (Å²) in [6.45, 7) is 21.8. The molecule has 18 nitrogen and oxygen atoms in total. The van der Waals surface area contributed by atoms with Crippen molar-refractivity contribution in [2.24, 2.45) is 17.3 Å². The lowest BCUT2D eigenvalue weighted by atomic mass is 9.60. The van der Waals surface area contributed by atoms with Gasteiger partial charge in [0.05, 0.1) is 58.4 Å². The van der Waals surface area contributed by atoms with Crippen LogP contribution in [0.1, 0.15) is 114 Å². The number of anilines is 3. The van der Waals surface area contributed by atoms with Crippen LogP contribution in [0.5, 0.6) is 5.75 Å². The van der Waals surface area contributed by atoms with Gasteiger partial charge in [-0.3, -0.25) is 19.4 Å². The van der Waals surface area contributed by atoms with Crippen LogP contribution in [0.25, 0.3) is 21.7 Å². The van der Waals surface area contributed by atoms with E-state index in [1.165, 1.54) is 38.8 Å². The zero-order chi connectivity index (χ0) is 55.8. The van der Waals surface area contributed by atoms with Crippen LogP contribution in [-0.2, 0) is 19.1 Å². The van der Waals surface area contributed by atoms with Gasteiger partial charge in [-0.05, 0) is 138 Å². The molecule has 4 N–H and O–H groups in total. The topological polar surface area (TPSA) is 195 Å². The molecule has 434 valence electrons. The highest BCUT2D eigenvalue weighted by atomic mass is 32.1. The number of morpholine rings is 2. The molecule has 5 unspecified atom stereocenters. The van der Waals surface area contributed by atoms with Crippen molar-refractivity contribution < 1.29 is 28.7 Å². The smallest absolute Gasteiger partial charge is 0.243 e. The zero-order valence-corrected chi connectivity index (χ0v) is 48.8. The van der Waals surface area contributed by atoms with E-state index >= 15 is 0 Å². The van der Waals surface area contributed by atoms with Crippen molar-refractivity contribution in [1.82, 2.24) is 45.3 Å². The minimum Gasteiger partial charge on any atom is -0.507 e. The van der Waals surface area contributed by atoms with Gasteiger partial charge in [0.1, 0.15) is 17.7 Å². The molecule has 0 bridgehead atoms. The van der Waals surface area contributed by atoms with E-state index in [-0.39, 0.29) is 41.2 Å². The molecule has 7 fully saturated rings. The van der Waals surface area contributed by atoms with Gasteiger partial charge < -0.3 is 49.8 Å². The summed E-state index contributed by atoms with van der Waals surface area (Å²) in [5, 5.41) is 26.9. The number of nitrogens with two attached hydrogens (primary N) is 1. The summed E-state index contributed by atoms with van der Waals surface area (Å²) >= 11 is 1.63. The number of amides is 2. The van der Waals surface area contributed by atoms with Crippen LogP contribution >= 0.6 is 11.3 Å². The van der Waals surface area contributed by atoms with E-state index in [9.17, 15) is 14.7 Å². The van der Waals surface area contributed by atoms with E-state index in [1.807, 2.05) is 43.6 Å². The Labute approximate surface area is 481 Å². The lowest BCUT2D eigenvalue weighted by Crippen LogP contribution is -2.62. The first-order valence-corrected chi connectivity index (χ1v) is 31.1. The van der Waals surface area contributed by atoms with Crippen molar-refractivity contribution in [3.05, 3.63) is 83.2 Å². The molecule has 6 saturated heterocycles. The Balaban J connectivity index is 0.570. The van der Waals surface area contributed by atoms with Crippen molar-refractivity contribution in [2.45, 2.75) is 128 Å². The maximum absolute atomic E-state index is 14.4. The SMILES string of the molecule is Cc1ncsc1-c1ccc(C(C)NC(=O)C2CCCN2C(=O)C(c2cc(N3CCC(CN4CCC5(CC4)CC(N4CCOC(CN6CCOC7(CCCN(c8cc(-c9ccccc9O)nnc8N)C7)C6)C4)C5)CC3)no2)C(C)C)cc1. The normalized spacial score (nSPS) is 25.2. The molecule has 2 spiro atoms. The molecule has 5 atom stereocenters. The predicted molar refractivity (Wildman–Crippen MR) is 315 cm³/mol. The maximum Gasteiger partial charge on any atom is 0.243 e. The number of aryl methyl sites for hydroxylation is 1. The molecule has 7 aliphatic rings. The molecule has 0 radical (unpaired) electrons. The quantitative estimate of drug-likeness (QED) is 0.0912. The van der Waals surface area contributed by atoms with Crippen LogP contribution < -0.4 is 20.9 Å². The number of nitrogen functional groups attached to an aromatic ring is 1. The van der Waals surface area contributed by atoms with Crippen molar-refractivity contribution >= 4 is 40.5 Å². The molecule has 12 rings (SSSR count). The third kappa shape index (κ3) is 12.1. The van der Waals surface area contributed by atoms with Gasteiger partial charge in [-0.2, -0.15) is 0 Å². The average Bonchev–Trinajstić information content (AvgIpc) is 4.31. The molecule has 81 heavy (non-hydrogen) atoms. The largest absolute Gasteiger partial charge is 0.507 e. The second kappa shape index (κ2) is 23.9. The van der Waals surface area contributed by atoms with E-state index in [2.05, 4.69) is 88.3 Å². The monoisotopic (exact) mass is 1120 g/mol. The maximum atomic E-state index is 14.4. The number of rotatable bonds is 15. The fraction of sp³-hybridized carbons (Fsp3) is 0.613. The number of hydrogen-bond acceptors (Lipinski definition) is 17. The summed E-state index contributed by atoms with van der Waals surface area (Å²) in [6, 6.07) is 19.4. The number of thiazole rings is 1. The van der Waals surface area contributed by atoms with E-state index in [0.29, 0.717) is 59.8 Å². The third-order valence-corrected chi connectivity index (χ3v) is 20.4. The summed E-state index contributed by atoms with van der Waals surface area (Å²) in [7, 11) is 0.